The van der Waals surface area contributed by atoms with Crippen LogP contribution < -0.4 is 4.72 Å². The lowest BCUT2D eigenvalue weighted by Gasteiger charge is -2.23. The van der Waals surface area contributed by atoms with Gasteiger partial charge in [0.15, 0.2) is 0 Å². The number of nitrogens with zero attached hydrogens (tertiary/aromatic N) is 2. The third kappa shape index (κ3) is 5.75. The SMILES string of the molecule is CC(C)CC(CN(C)C)NS(=O)(=O)c1ccc(Cl)nc1. The third-order valence-corrected chi connectivity index (χ3v) is 4.40. The molecule has 0 radical (unpaired) electrons. The van der Waals surface area contributed by atoms with Gasteiger partial charge in [0.1, 0.15) is 10.0 Å². The number of rotatable bonds is 7. The van der Waals surface area contributed by atoms with Crippen LogP contribution in [0.1, 0.15) is 20.3 Å². The van der Waals surface area contributed by atoms with E-state index < -0.39 is 10.0 Å². The van der Waals surface area contributed by atoms with Crippen molar-refractivity contribution in [3.63, 3.8) is 0 Å². The van der Waals surface area contributed by atoms with Crippen LogP contribution in [0, 0.1) is 5.92 Å². The summed E-state index contributed by atoms with van der Waals surface area (Å²) in [5.74, 6) is 0.408. The molecule has 5 nitrogen and oxygen atoms in total. The van der Waals surface area contributed by atoms with Gasteiger partial charge in [-0.2, -0.15) is 0 Å². The summed E-state index contributed by atoms with van der Waals surface area (Å²) in [5, 5.41) is 0.274. The fourth-order valence-corrected chi connectivity index (χ4v) is 3.27. The molecule has 1 heterocycles. The van der Waals surface area contributed by atoms with Gasteiger partial charge in [-0.1, -0.05) is 25.4 Å². The van der Waals surface area contributed by atoms with E-state index in [0.29, 0.717) is 12.5 Å². The standard InChI is InChI=1S/C13H22ClN3O2S/c1-10(2)7-11(9-17(3)4)16-20(18,19)12-5-6-13(14)15-8-12/h5-6,8,10-11,16H,7,9H2,1-4H3. The Bertz CT molecular complexity index is 505. The average molecular weight is 320 g/mol. The number of halogens is 1. The van der Waals surface area contributed by atoms with E-state index >= 15 is 0 Å². The first-order valence-electron chi connectivity index (χ1n) is 6.49. The summed E-state index contributed by atoms with van der Waals surface area (Å²) in [5.41, 5.74) is 0. The Morgan fingerprint density at radius 1 is 1.35 bits per heavy atom. The number of aromatic nitrogens is 1. The van der Waals surface area contributed by atoms with E-state index in [4.69, 9.17) is 11.6 Å². The smallest absolute Gasteiger partial charge is 0.242 e. The number of pyridine rings is 1. The molecule has 0 aliphatic carbocycles. The molecule has 1 rings (SSSR count). The molecule has 0 spiro atoms. The van der Waals surface area contributed by atoms with E-state index in [2.05, 4.69) is 23.6 Å². The minimum absolute atomic E-state index is 0.134. The van der Waals surface area contributed by atoms with E-state index in [9.17, 15) is 8.42 Å². The molecule has 1 aromatic heterocycles. The van der Waals surface area contributed by atoms with Crippen molar-refractivity contribution in [2.45, 2.75) is 31.2 Å². The Hall–Kier alpha value is -0.690. The van der Waals surface area contributed by atoms with Crippen molar-refractivity contribution in [2.75, 3.05) is 20.6 Å². The summed E-state index contributed by atoms with van der Waals surface area (Å²) in [6, 6.07) is 2.80. The zero-order chi connectivity index (χ0) is 15.3. The second kappa shape index (κ2) is 7.36. The van der Waals surface area contributed by atoms with Crippen LogP contribution in [-0.4, -0.2) is 45.0 Å². The topological polar surface area (TPSA) is 62.3 Å². The Balaban J connectivity index is 2.87. The Morgan fingerprint density at radius 2 is 2.00 bits per heavy atom. The largest absolute Gasteiger partial charge is 0.308 e. The van der Waals surface area contributed by atoms with Crippen LogP contribution in [-0.2, 0) is 10.0 Å². The van der Waals surface area contributed by atoms with Crippen LogP contribution in [0.3, 0.4) is 0 Å². The van der Waals surface area contributed by atoms with Crippen LogP contribution in [0.2, 0.25) is 5.15 Å². The predicted octanol–water partition coefficient (Wildman–Crippen LogP) is 1.99. The van der Waals surface area contributed by atoms with Crippen molar-refractivity contribution in [2.24, 2.45) is 5.92 Å². The molecule has 1 atom stereocenters. The maximum Gasteiger partial charge on any atom is 0.242 e. The normalized spacial score (nSPS) is 13.9. The van der Waals surface area contributed by atoms with E-state index in [1.165, 1.54) is 18.3 Å². The molecule has 0 aromatic carbocycles. The number of nitrogens with one attached hydrogen (secondary N) is 1. The quantitative estimate of drug-likeness (QED) is 0.781. The molecule has 0 aliphatic heterocycles. The van der Waals surface area contributed by atoms with E-state index in [1.807, 2.05) is 19.0 Å². The summed E-state index contributed by atoms with van der Waals surface area (Å²) in [7, 11) is 0.279. The number of likely N-dealkylation sites (N-methyl/N-ethyl adjacent to an activating group) is 1. The molecule has 1 aromatic rings. The summed E-state index contributed by atoms with van der Waals surface area (Å²) in [4.78, 5) is 5.91. The number of hydrogen-bond donors (Lipinski definition) is 1. The fraction of sp³-hybridized carbons (Fsp3) is 0.615. The van der Waals surface area contributed by atoms with Crippen molar-refractivity contribution >= 4 is 21.6 Å². The summed E-state index contributed by atoms with van der Waals surface area (Å²) >= 11 is 5.67. The molecule has 0 bridgehead atoms. The summed E-state index contributed by atoms with van der Waals surface area (Å²) in [6.07, 6.45) is 2.05. The average Bonchev–Trinajstić information content (AvgIpc) is 2.26. The van der Waals surface area contributed by atoms with Crippen molar-refractivity contribution < 1.29 is 8.42 Å². The van der Waals surface area contributed by atoms with Gasteiger partial charge in [-0.15, -0.1) is 0 Å². The molecule has 0 saturated carbocycles. The summed E-state index contributed by atoms with van der Waals surface area (Å²) < 4.78 is 27.3. The van der Waals surface area contributed by atoms with Gasteiger partial charge in [-0.3, -0.25) is 0 Å². The lowest BCUT2D eigenvalue weighted by atomic mass is 10.0. The second-order valence-electron chi connectivity index (χ2n) is 5.53. The third-order valence-electron chi connectivity index (χ3n) is 2.67. The molecule has 0 aliphatic rings. The highest BCUT2D eigenvalue weighted by Gasteiger charge is 2.21. The molecular formula is C13H22ClN3O2S. The van der Waals surface area contributed by atoms with Gasteiger partial charge in [0.2, 0.25) is 10.0 Å². The van der Waals surface area contributed by atoms with Gasteiger partial charge in [0, 0.05) is 18.8 Å². The van der Waals surface area contributed by atoms with E-state index in [-0.39, 0.29) is 16.1 Å². The first kappa shape index (κ1) is 17.4. The van der Waals surface area contributed by atoms with Gasteiger partial charge in [0.25, 0.3) is 0 Å². The number of hydrogen-bond acceptors (Lipinski definition) is 4. The maximum atomic E-state index is 12.3. The first-order chi connectivity index (χ1) is 9.20. The molecule has 7 heteroatoms. The summed E-state index contributed by atoms with van der Waals surface area (Å²) in [6.45, 7) is 4.79. The van der Waals surface area contributed by atoms with Crippen LogP contribution in [0.4, 0.5) is 0 Å². The van der Waals surface area contributed by atoms with Crippen molar-refractivity contribution in [1.29, 1.82) is 0 Å². The van der Waals surface area contributed by atoms with Crippen LogP contribution in [0.25, 0.3) is 0 Å². The minimum atomic E-state index is -3.57. The Labute approximate surface area is 126 Å². The second-order valence-corrected chi connectivity index (χ2v) is 7.63. The van der Waals surface area contributed by atoms with E-state index in [0.717, 1.165) is 6.42 Å². The van der Waals surface area contributed by atoms with Crippen LogP contribution in [0.5, 0.6) is 0 Å². The van der Waals surface area contributed by atoms with E-state index in [1.54, 1.807) is 0 Å². The van der Waals surface area contributed by atoms with Crippen molar-refractivity contribution in [3.8, 4) is 0 Å². The van der Waals surface area contributed by atoms with Gasteiger partial charge in [-0.05, 0) is 38.6 Å². The van der Waals surface area contributed by atoms with Crippen molar-refractivity contribution in [3.05, 3.63) is 23.5 Å². The molecule has 1 N–H and O–H groups in total. The molecule has 0 fully saturated rings. The molecule has 20 heavy (non-hydrogen) atoms. The van der Waals surface area contributed by atoms with Crippen LogP contribution in [0.15, 0.2) is 23.2 Å². The highest BCUT2D eigenvalue weighted by molar-refractivity contribution is 7.89. The minimum Gasteiger partial charge on any atom is -0.308 e. The Morgan fingerprint density at radius 3 is 2.45 bits per heavy atom. The number of sulfonamides is 1. The first-order valence-corrected chi connectivity index (χ1v) is 8.35. The molecule has 1 unspecified atom stereocenters. The maximum absolute atomic E-state index is 12.3. The zero-order valence-corrected chi connectivity index (χ0v) is 13.9. The highest BCUT2D eigenvalue weighted by atomic mass is 35.5. The zero-order valence-electron chi connectivity index (χ0n) is 12.3. The molecule has 0 saturated heterocycles. The molecule has 114 valence electrons. The fourth-order valence-electron chi connectivity index (χ4n) is 1.98. The lowest BCUT2D eigenvalue weighted by molar-refractivity contribution is 0.329. The van der Waals surface area contributed by atoms with Gasteiger partial charge in [-0.25, -0.2) is 18.1 Å². The van der Waals surface area contributed by atoms with Crippen LogP contribution >= 0.6 is 11.6 Å². The molecular weight excluding hydrogens is 298 g/mol. The van der Waals surface area contributed by atoms with Gasteiger partial charge in [0.05, 0.1) is 0 Å². The highest BCUT2D eigenvalue weighted by Crippen LogP contribution is 2.13. The molecule has 0 amide bonds. The van der Waals surface area contributed by atoms with Gasteiger partial charge >= 0.3 is 0 Å². The Kier molecular flexibility index (Phi) is 6.39. The van der Waals surface area contributed by atoms with Gasteiger partial charge < -0.3 is 4.90 Å². The monoisotopic (exact) mass is 319 g/mol. The predicted molar refractivity (Wildman–Crippen MR) is 81.4 cm³/mol. The lowest BCUT2D eigenvalue weighted by Crippen LogP contribution is -2.42. The van der Waals surface area contributed by atoms with Crippen molar-refractivity contribution in [1.82, 2.24) is 14.6 Å².